The molecule has 26 heavy (non-hydrogen) atoms. The zero-order chi connectivity index (χ0) is 18.1. The summed E-state index contributed by atoms with van der Waals surface area (Å²) >= 11 is 7.50. The highest BCUT2D eigenvalue weighted by atomic mass is 35.5. The maximum atomic E-state index is 13.0. The first kappa shape index (κ1) is 16.7. The van der Waals surface area contributed by atoms with Gasteiger partial charge in [0.15, 0.2) is 5.78 Å². The molecule has 2 aromatic heterocycles. The summed E-state index contributed by atoms with van der Waals surface area (Å²) in [6.07, 6.45) is 1.42. The van der Waals surface area contributed by atoms with Crippen molar-refractivity contribution in [1.29, 1.82) is 0 Å². The second-order valence-corrected chi connectivity index (χ2v) is 7.04. The van der Waals surface area contributed by atoms with Gasteiger partial charge in [0.1, 0.15) is 4.83 Å². The first-order chi connectivity index (χ1) is 12.6. The standard InChI is InChI=1S/C20H13ClN2O2S/c21-16-9-5-4-8-14(16)17(24)10-23-12-22-19-18(20(23)25)15(11-26-19)13-6-2-1-3-7-13/h1-9,11-12H,10H2. The first-order valence-corrected chi connectivity index (χ1v) is 9.20. The van der Waals surface area contributed by atoms with Crippen LogP contribution < -0.4 is 5.56 Å². The largest absolute Gasteiger partial charge is 0.292 e. The van der Waals surface area contributed by atoms with Crippen LogP contribution in [0.2, 0.25) is 5.02 Å². The molecule has 2 heterocycles. The zero-order valence-electron chi connectivity index (χ0n) is 13.6. The number of benzene rings is 2. The fourth-order valence-electron chi connectivity index (χ4n) is 2.84. The fourth-order valence-corrected chi connectivity index (χ4v) is 3.99. The Kier molecular flexibility index (Phi) is 4.41. The first-order valence-electron chi connectivity index (χ1n) is 7.95. The summed E-state index contributed by atoms with van der Waals surface area (Å²) in [4.78, 5) is 30.5. The van der Waals surface area contributed by atoms with Crippen molar-refractivity contribution in [3.63, 3.8) is 0 Å². The Morgan fingerprint density at radius 3 is 2.58 bits per heavy atom. The van der Waals surface area contributed by atoms with Crippen molar-refractivity contribution in [3.05, 3.63) is 87.2 Å². The van der Waals surface area contributed by atoms with Crippen LogP contribution in [-0.2, 0) is 6.54 Å². The van der Waals surface area contributed by atoms with Crippen LogP contribution in [0.1, 0.15) is 10.4 Å². The maximum absolute atomic E-state index is 13.0. The Labute approximate surface area is 158 Å². The predicted molar refractivity (Wildman–Crippen MR) is 105 cm³/mol. The second kappa shape index (κ2) is 6.86. The molecule has 0 atom stereocenters. The van der Waals surface area contributed by atoms with Gasteiger partial charge in [-0.1, -0.05) is 54.1 Å². The van der Waals surface area contributed by atoms with Crippen LogP contribution in [0.4, 0.5) is 0 Å². The number of hydrogen-bond donors (Lipinski definition) is 0. The number of carbonyl (C=O) groups is 1. The maximum Gasteiger partial charge on any atom is 0.263 e. The topological polar surface area (TPSA) is 52.0 Å². The number of nitrogens with zero attached hydrogens (tertiary/aromatic N) is 2. The molecular weight excluding hydrogens is 368 g/mol. The third-order valence-electron chi connectivity index (χ3n) is 4.13. The van der Waals surface area contributed by atoms with E-state index in [0.29, 0.717) is 20.8 Å². The Bertz CT molecular complexity index is 1170. The van der Waals surface area contributed by atoms with Crippen LogP contribution >= 0.6 is 22.9 Å². The molecule has 128 valence electrons. The Balaban J connectivity index is 1.78. The molecule has 0 amide bonds. The molecule has 0 saturated heterocycles. The van der Waals surface area contributed by atoms with Gasteiger partial charge in [-0.3, -0.25) is 14.2 Å². The van der Waals surface area contributed by atoms with Crippen molar-refractivity contribution in [2.24, 2.45) is 0 Å². The van der Waals surface area contributed by atoms with Crippen LogP contribution in [0.15, 0.2) is 71.1 Å². The predicted octanol–water partition coefficient (Wildman–Crippen LogP) is 4.66. The molecule has 0 aliphatic heterocycles. The van der Waals surface area contributed by atoms with E-state index in [1.165, 1.54) is 22.2 Å². The van der Waals surface area contributed by atoms with Gasteiger partial charge in [0.05, 0.1) is 23.3 Å². The van der Waals surface area contributed by atoms with E-state index in [9.17, 15) is 9.59 Å². The lowest BCUT2D eigenvalue weighted by atomic mass is 10.1. The van der Waals surface area contributed by atoms with Crippen molar-refractivity contribution in [2.45, 2.75) is 6.54 Å². The lowest BCUT2D eigenvalue weighted by Crippen LogP contribution is -2.24. The van der Waals surface area contributed by atoms with Crippen molar-refractivity contribution in [1.82, 2.24) is 9.55 Å². The zero-order valence-corrected chi connectivity index (χ0v) is 15.1. The quantitative estimate of drug-likeness (QED) is 0.484. The normalized spacial score (nSPS) is 11.0. The van der Waals surface area contributed by atoms with Crippen molar-refractivity contribution >= 4 is 38.9 Å². The van der Waals surface area contributed by atoms with Crippen molar-refractivity contribution in [2.75, 3.05) is 0 Å². The van der Waals surface area contributed by atoms with E-state index >= 15 is 0 Å². The molecule has 0 fully saturated rings. The van der Waals surface area contributed by atoms with E-state index in [1.807, 2.05) is 35.7 Å². The minimum Gasteiger partial charge on any atom is -0.292 e. The van der Waals surface area contributed by atoms with Gasteiger partial charge in [-0.25, -0.2) is 4.98 Å². The molecule has 2 aromatic carbocycles. The van der Waals surface area contributed by atoms with Crippen molar-refractivity contribution < 1.29 is 4.79 Å². The van der Waals surface area contributed by atoms with E-state index in [0.717, 1.165) is 11.1 Å². The minimum atomic E-state index is -0.227. The number of Topliss-reactive ketones (excluding diaryl/α,β-unsaturated/α-hetero) is 1. The number of ketones is 1. The van der Waals surface area contributed by atoms with Gasteiger partial charge in [-0.2, -0.15) is 0 Å². The van der Waals surface area contributed by atoms with E-state index in [2.05, 4.69) is 4.98 Å². The van der Waals surface area contributed by atoms with Gasteiger partial charge in [0.2, 0.25) is 0 Å². The summed E-state index contributed by atoms with van der Waals surface area (Å²) in [6.45, 7) is -0.102. The highest BCUT2D eigenvalue weighted by Crippen LogP contribution is 2.30. The summed E-state index contributed by atoms with van der Waals surface area (Å²) in [6, 6.07) is 16.5. The number of halogens is 1. The van der Waals surface area contributed by atoms with E-state index in [4.69, 9.17) is 11.6 Å². The van der Waals surface area contributed by atoms with E-state index < -0.39 is 0 Å². The number of rotatable bonds is 4. The van der Waals surface area contributed by atoms with Gasteiger partial charge >= 0.3 is 0 Å². The molecule has 0 unspecified atom stereocenters. The van der Waals surface area contributed by atoms with E-state index in [-0.39, 0.29) is 17.9 Å². The Morgan fingerprint density at radius 1 is 1.08 bits per heavy atom. The monoisotopic (exact) mass is 380 g/mol. The van der Waals surface area contributed by atoms with Gasteiger partial charge in [-0.15, -0.1) is 11.3 Å². The molecule has 0 radical (unpaired) electrons. The molecule has 0 aliphatic rings. The summed E-state index contributed by atoms with van der Waals surface area (Å²) < 4.78 is 1.34. The smallest absolute Gasteiger partial charge is 0.263 e. The van der Waals surface area contributed by atoms with Crippen LogP contribution in [0.5, 0.6) is 0 Å². The third-order valence-corrected chi connectivity index (χ3v) is 5.35. The van der Waals surface area contributed by atoms with E-state index in [1.54, 1.807) is 24.3 Å². The summed E-state index contributed by atoms with van der Waals surface area (Å²) in [5.41, 5.74) is 1.96. The number of aromatic nitrogens is 2. The lowest BCUT2D eigenvalue weighted by molar-refractivity contribution is 0.0971. The number of fused-ring (bicyclic) bond motifs is 1. The van der Waals surface area contributed by atoms with Gasteiger partial charge in [0, 0.05) is 16.5 Å². The van der Waals surface area contributed by atoms with Gasteiger partial charge in [0.25, 0.3) is 5.56 Å². The van der Waals surface area contributed by atoms with Crippen molar-refractivity contribution in [3.8, 4) is 11.1 Å². The number of carbonyl (C=O) groups excluding carboxylic acids is 1. The highest BCUT2D eigenvalue weighted by Gasteiger charge is 2.16. The summed E-state index contributed by atoms with van der Waals surface area (Å²) in [5.74, 6) is -0.227. The molecule has 0 aliphatic carbocycles. The molecule has 0 N–H and O–H groups in total. The Hall–Kier alpha value is -2.76. The molecule has 0 spiro atoms. The lowest BCUT2D eigenvalue weighted by Gasteiger charge is -2.07. The minimum absolute atomic E-state index is 0.102. The second-order valence-electron chi connectivity index (χ2n) is 5.78. The average molecular weight is 381 g/mol. The highest BCUT2D eigenvalue weighted by molar-refractivity contribution is 7.17. The SMILES string of the molecule is O=C(Cn1cnc2scc(-c3ccccc3)c2c1=O)c1ccccc1Cl. The number of hydrogen-bond acceptors (Lipinski definition) is 4. The molecular formula is C20H13ClN2O2S. The van der Waals surface area contributed by atoms with Crippen LogP contribution in [0, 0.1) is 0 Å². The fraction of sp³-hybridized carbons (Fsp3) is 0.0500. The molecule has 0 saturated carbocycles. The molecule has 4 aromatic rings. The third kappa shape index (κ3) is 2.96. The molecule has 4 rings (SSSR count). The molecule has 0 bridgehead atoms. The number of thiophene rings is 1. The average Bonchev–Trinajstić information content (AvgIpc) is 3.10. The molecule has 4 nitrogen and oxygen atoms in total. The van der Waals surface area contributed by atoms with Crippen LogP contribution in [-0.4, -0.2) is 15.3 Å². The Morgan fingerprint density at radius 2 is 1.81 bits per heavy atom. The van der Waals surface area contributed by atoms with Crippen LogP contribution in [0.25, 0.3) is 21.3 Å². The summed E-state index contributed by atoms with van der Waals surface area (Å²) in [5, 5.41) is 2.84. The van der Waals surface area contributed by atoms with Crippen LogP contribution in [0.3, 0.4) is 0 Å². The van der Waals surface area contributed by atoms with Gasteiger partial charge < -0.3 is 0 Å². The molecule has 6 heteroatoms. The summed E-state index contributed by atoms with van der Waals surface area (Å²) in [7, 11) is 0. The van der Waals surface area contributed by atoms with Gasteiger partial charge in [-0.05, 0) is 17.7 Å².